The van der Waals surface area contributed by atoms with E-state index in [0.717, 1.165) is 0 Å². The lowest BCUT2D eigenvalue weighted by Crippen LogP contribution is -2.40. The third kappa shape index (κ3) is 5.19. The maximum atomic E-state index is 13.9. The molecule has 0 radical (unpaired) electrons. The maximum Gasteiger partial charge on any atom is 0.191 e. The zero-order valence-corrected chi connectivity index (χ0v) is 18.4. The first-order valence-corrected chi connectivity index (χ1v) is 9.02. The molecule has 2 aromatic rings. The minimum Gasteiger partial charge on any atom is -0.383 e. The Morgan fingerprint density at radius 3 is 2.64 bits per heavy atom. The second kappa shape index (κ2) is 9.17. The first-order chi connectivity index (χ1) is 12.8. The number of aryl methyl sites for hydroxylation is 1. The van der Waals surface area contributed by atoms with Gasteiger partial charge in [0.1, 0.15) is 17.2 Å². The minimum atomic E-state index is -1.17. The van der Waals surface area contributed by atoms with Gasteiger partial charge in [-0.1, -0.05) is 6.07 Å². The van der Waals surface area contributed by atoms with Crippen molar-refractivity contribution in [3.8, 4) is 0 Å². The van der Waals surface area contributed by atoms with E-state index in [4.69, 9.17) is 0 Å². The van der Waals surface area contributed by atoms with Gasteiger partial charge in [0.25, 0.3) is 0 Å². The number of aromatic nitrogens is 2. The average molecular weight is 505 g/mol. The lowest BCUT2D eigenvalue weighted by Gasteiger charge is -2.20. The van der Waals surface area contributed by atoms with Gasteiger partial charge in [-0.25, -0.2) is 13.8 Å². The van der Waals surface area contributed by atoms with Gasteiger partial charge in [0.2, 0.25) is 0 Å². The number of hydrogen-bond donors (Lipinski definition) is 3. The monoisotopic (exact) mass is 505 g/mol. The van der Waals surface area contributed by atoms with Crippen molar-refractivity contribution >= 4 is 29.9 Å². The van der Waals surface area contributed by atoms with E-state index in [0.29, 0.717) is 24.5 Å². The SMILES string of the molecule is CCNC(=NCC(C)(O)c1cnn(C)c1)NC1CC1c1c(F)cccc1F.I. The Labute approximate surface area is 180 Å². The molecule has 3 rings (SSSR count). The smallest absolute Gasteiger partial charge is 0.191 e. The molecule has 1 aromatic carbocycles. The van der Waals surface area contributed by atoms with Crippen molar-refractivity contribution in [2.24, 2.45) is 12.0 Å². The first-order valence-electron chi connectivity index (χ1n) is 9.02. The van der Waals surface area contributed by atoms with Crippen LogP contribution in [0.5, 0.6) is 0 Å². The molecule has 0 saturated heterocycles. The quantitative estimate of drug-likeness (QED) is 0.321. The summed E-state index contributed by atoms with van der Waals surface area (Å²) in [5.41, 5.74) is -0.382. The highest BCUT2D eigenvalue weighted by molar-refractivity contribution is 14.0. The number of aliphatic hydroxyl groups is 1. The van der Waals surface area contributed by atoms with E-state index in [1.165, 1.54) is 18.2 Å². The molecule has 1 aliphatic carbocycles. The second-order valence-corrected chi connectivity index (χ2v) is 7.10. The highest BCUT2D eigenvalue weighted by Gasteiger charge is 2.42. The van der Waals surface area contributed by atoms with Gasteiger partial charge in [0.05, 0.1) is 12.7 Å². The molecule has 1 saturated carbocycles. The molecule has 28 heavy (non-hydrogen) atoms. The summed E-state index contributed by atoms with van der Waals surface area (Å²) in [6.45, 7) is 4.36. The van der Waals surface area contributed by atoms with Gasteiger partial charge in [-0.2, -0.15) is 5.10 Å². The molecular weight excluding hydrogens is 479 g/mol. The van der Waals surface area contributed by atoms with Crippen LogP contribution >= 0.6 is 24.0 Å². The van der Waals surface area contributed by atoms with Crippen LogP contribution in [0.4, 0.5) is 8.78 Å². The van der Waals surface area contributed by atoms with Gasteiger partial charge >= 0.3 is 0 Å². The number of guanidine groups is 1. The number of nitrogens with one attached hydrogen (secondary N) is 2. The fraction of sp³-hybridized carbons (Fsp3) is 0.474. The van der Waals surface area contributed by atoms with Gasteiger partial charge in [-0.05, 0) is 32.4 Å². The largest absolute Gasteiger partial charge is 0.383 e. The van der Waals surface area contributed by atoms with Crippen molar-refractivity contribution in [1.82, 2.24) is 20.4 Å². The van der Waals surface area contributed by atoms with Gasteiger partial charge in [-0.3, -0.25) is 4.68 Å². The molecule has 1 fully saturated rings. The van der Waals surface area contributed by atoms with E-state index < -0.39 is 17.2 Å². The van der Waals surface area contributed by atoms with Crippen LogP contribution in [-0.4, -0.2) is 40.0 Å². The van der Waals surface area contributed by atoms with Gasteiger partial charge in [0, 0.05) is 42.9 Å². The third-order valence-electron chi connectivity index (χ3n) is 4.70. The van der Waals surface area contributed by atoms with Gasteiger partial charge < -0.3 is 15.7 Å². The van der Waals surface area contributed by atoms with Crippen molar-refractivity contribution in [3.05, 3.63) is 53.4 Å². The number of halogens is 3. The Kier molecular flexibility index (Phi) is 7.38. The van der Waals surface area contributed by atoms with Crippen LogP contribution in [0.3, 0.4) is 0 Å². The molecule has 0 spiro atoms. The summed E-state index contributed by atoms with van der Waals surface area (Å²) < 4.78 is 29.5. The third-order valence-corrected chi connectivity index (χ3v) is 4.70. The molecule has 0 amide bonds. The molecule has 3 atom stereocenters. The number of aliphatic imine (C=N–C) groups is 1. The Morgan fingerprint density at radius 1 is 1.39 bits per heavy atom. The summed E-state index contributed by atoms with van der Waals surface area (Å²) >= 11 is 0. The number of benzene rings is 1. The maximum absolute atomic E-state index is 13.9. The topological polar surface area (TPSA) is 74.5 Å². The van der Waals surface area contributed by atoms with Crippen LogP contribution in [0.2, 0.25) is 0 Å². The fourth-order valence-electron chi connectivity index (χ4n) is 3.06. The molecule has 1 heterocycles. The molecule has 0 bridgehead atoms. The molecule has 3 N–H and O–H groups in total. The highest BCUT2D eigenvalue weighted by Crippen LogP contribution is 2.43. The van der Waals surface area contributed by atoms with Gasteiger partial charge in [-0.15, -0.1) is 24.0 Å². The molecule has 0 aliphatic heterocycles. The van der Waals surface area contributed by atoms with Crippen LogP contribution < -0.4 is 10.6 Å². The summed E-state index contributed by atoms with van der Waals surface area (Å²) in [6.07, 6.45) is 3.97. The lowest BCUT2D eigenvalue weighted by atomic mass is 10.0. The van der Waals surface area contributed by atoms with E-state index >= 15 is 0 Å². The molecular formula is C19H26F2IN5O. The number of nitrogens with zero attached hydrogens (tertiary/aromatic N) is 3. The molecule has 6 nitrogen and oxygen atoms in total. The lowest BCUT2D eigenvalue weighted by molar-refractivity contribution is 0.0671. The van der Waals surface area contributed by atoms with Crippen LogP contribution in [0.15, 0.2) is 35.6 Å². The summed E-state index contributed by atoms with van der Waals surface area (Å²) in [6, 6.07) is 3.82. The predicted octanol–water partition coefficient (Wildman–Crippen LogP) is 2.64. The van der Waals surface area contributed by atoms with Crippen molar-refractivity contribution in [2.45, 2.75) is 37.8 Å². The molecule has 1 aliphatic rings. The van der Waals surface area contributed by atoms with Crippen molar-refractivity contribution in [2.75, 3.05) is 13.1 Å². The number of hydrogen-bond acceptors (Lipinski definition) is 3. The number of rotatable bonds is 6. The van der Waals surface area contributed by atoms with E-state index in [2.05, 4.69) is 20.7 Å². The zero-order chi connectivity index (χ0) is 19.6. The van der Waals surface area contributed by atoms with E-state index in [-0.39, 0.29) is 48.0 Å². The van der Waals surface area contributed by atoms with Crippen molar-refractivity contribution < 1.29 is 13.9 Å². The Bertz CT molecular complexity index is 819. The molecule has 154 valence electrons. The second-order valence-electron chi connectivity index (χ2n) is 7.10. The average Bonchev–Trinajstić information content (AvgIpc) is 3.19. The highest BCUT2D eigenvalue weighted by atomic mass is 127. The standard InChI is InChI=1S/C19H25F2N5O.HI/c1-4-22-18(23-11-19(2,27)12-9-24-26(3)10-12)25-16-8-13(16)17-14(20)6-5-7-15(17)21;/h5-7,9-10,13,16,27H,4,8,11H2,1-3H3,(H2,22,23,25);1H. The summed E-state index contributed by atoms with van der Waals surface area (Å²) in [5, 5.41) is 21.0. The summed E-state index contributed by atoms with van der Waals surface area (Å²) in [7, 11) is 1.78. The predicted molar refractivity (Wildman–Crippen MR) is 115 cm³/mol. The minimum absolute atomic E-state index is 0. The van der Waals surface area contributed by atoms with E-state index in [1.807, 2.05) is 6.92 Å². The summed E-state index contributed by atoms with van der Waals surface area (Å²) in [4.78, 5) is 4.44. The van der Waals surface area contributed by atoms with Crippen molar-refractivity contribution in [1.29, 1.82) is 0 Å². The first kappa shape index (κ1) is 22.5. The van der Waals surface area contributed by atoms with Crippen LogP contribution in [0.1, 0.15) is 37.3 Å². The fourth-order valence-corrected chi connectivity index (χ4v) is 3.06. The van der Waals surface area contributed by atoms with E-state index in [9.17, 15) is 13.9 Å². The van der Waals surface area contributed by atoms with Gasteiger partial charge in [0.15, 0.2) is 5.96 Å². The van der Waals surface area contributed by atoms with Crippen molar-refractivity contribution in [3.63, 3.8) is 0 Å². The van der Waals surface area contributed by atoms with Crippen LogP contribution in [0, 0.1) is 11.6 Å². The Hall–Kier alpha value is -1.75. The van der Waals surface area contributed by atoms with Crippen LogP contribution in [-0.2, 0) is 12.6 Å². The molecule has 3 unspecified atom stereocenters. The van der Waals surface area contributed by atoms with E-state index in [1.54, 1.807) is 31.0 Å². The zero-order valence-electron chi connectivity index (χ0n) is 16.1. The molecule has 1 aromatic heterocycles. The molecule has 9 heteroatoms. The normalized spacial score (nSPS) is 20.9. The Balaban J connectivity index is 0.00000280. The summed E-state index contributed by atoms with van der Waals surface area (Å²) in [5.74, 6) is -0.767. The van der Waals surface area contributed by atoms with Crippen LogP contribution in [0.25, 0.3) is 0 Å². The Morgan fingerprint density at radius 2 is 2.07 bits per heavy atom.